The summed E-state index contributed by atoms with van der Waals surface area (Å²) in [6.07, 6.45) is 27.9. The minimum absolute atomic E-state index is 1.13. The number of hydrogen-bond donors (Lipinski definition) is 1. The second-order valence-corrected chi connectivity index (χ2v) is 8.83. The van der Waals surface area contributed by atoms with Gasteiger partial charge < -0.3 is 15.0 Å². The lowest BCUT2D eigenvalue weighted by atomic mass is 10.1. The molecule has 182 valence electrons. The molecule has 0 aliphatic carbocycles. The third kappa shape index (κ3) is 20.3. The molecule has 0 amide bonds. The zero-order chi connectivity index (χ0) is 23.2. The van der Waals surface area contributed by atoms with Gasteiger partial charge in [-0.2, -0.15) is 0 Å². The first kappa shape index (κ1) is 29.6. The Morgan fingerprint density at radius 2 is 1.26 bits per heavy atom. The zero-order valence-corrected chi connectivity index (χ0v) is 20.7. The number of carboxylic acids is 1. The number of aryl methyl sites for hydroxylation is 2. The van der Waals surface area contributed by atoms with Crippen molar-refractivity contribution in [3.05, 3.63) is 18.7 Å². The molecule has 0 saturated carbocycles. The van der Waals surface area contributed by atoms with Crippen molar-refractivity contribution in [2.45, 2.75) is 143 Å². The third-order valence-corrected chi connectivity index (χ3v) is 5.63. The quantitative estimate of drug-likeness (QED) is 0.239. The number of unbranched alkanes of at least 4 members (excludes halogenated alkanes) is 14. The molecule has 1 aromatic rings. The lowest BCUT2D eigenvalue weighted by Crippen LogP contribution is -2.32. The molecule has 1 N–H and O–H groups in total. The molecule has 0 spiro atoms. The molecule has 0 fully saturated rings. The van der Waals surface area contributed by atoms with Crippen molar-refractivity contribution in [2.24, 2.45) is 0 Å². The molecule has 0 saturated heterocycles. The van der Waals surface area contributed by atoms with Crippen molar-refractivity contribution in [3.8, 4) is 0 Å². The van der Waals surface area contributed by atoms with Crippen LogP contribution in [0.4, 0.5) is 0 Å². The zero-order valence-electron chi connectivity index (χ0n) is 20.7. The first-order valence-electron chi connectivity index (χ1n) is 12.9. The number of nitrogens with zero attached hydrogens (tertiary/aromatic N) is 2. The predicted molar refractivity (Wildman–Crippen MR) is 127 cm³/mol. The summed E-state index contributed by atoms with van der Waals surface area (Å²) in [5, 5.41) is 17.3. The largest absolute Gasteiger partial charge is 0.547 e. The van der Waals surface area contributed by atoms with E-state index >= 15 is 0 Å². The Labute approximate surface area is 191 Å². The van der Waals surface area contributed by atoms with Crippen molar-refractivity contribution in [2.75, 3.05) is 0 Å². The van der Waals surface area contributed by atoms with E-state index in [9.17, 15) is 9.90 Å². The Kier molecular flexibility index (Phi) is 20.9. The van der Waals surface area contributed by atoms with Gasteiger partial charge in [-0.15, -0.1) is 0 Å². The minimum atomic E-state index is -1.44. The highest BCUT2D eigenvalue weighted by molar-refractivity contribution is 5.68. The molecule has 1 atom stereocenters. The summed E-state index contributed by atoms with van der Waals surface area (Å²) >= 11 is 0. The second kappa shape index (κ2) is 21.9. The molecule has 1 heterocycles. The summed E-state index contributed by atoms with van der Waals surface area (Å²) in [6.45, 7) is 8.10. The maximum absolute atomic E-state index is 9.34. The van der Waals surface area contributed by atoms with Gasteiger partial charge in [0.05, 0.1) is 25.2 Å². The highest BCUT2D eigenvalue weighted by Gasteiger charge is 2.03. The Morgan fingerprint density at radius 1 is 0.839 bits per heavy atom. The molecule has 1 rings (SSSR count). The predicted octanol–water partition coefficient (Wildman–Crippen LogP) is 5.17. The van der Waals surface area contributed by atoms with E-state index in [4.69, 9.17) is 5.11 Å². The Balaban J connectivity index is 0.00000131. The molecule has 0 aliphatic rings. The van der Waals surface area contributed by atoms with E-state index in [0.717, 1.165) is 6.92 Å². The maximum atomic E-state index is 9.34. The normalized spacial score (nSPS) is 11.7. The Hall–Kier alpha value is -1.36. The Morgan fingerprint density at radius 3 is 1.71 bits per heavy atom. The van der Waals surface area contributed by atoms with Crippen LogP contribution in [-0.2, 0) is 17.9 Å². The molecule has 0 aliphatic heterocycles. The first-order valence-corrected chi connectivity index (χ1v) is 12.9. The Bertz CT molecular complexity index is 515. The van der Waals surface area contributed by atoms with Crippen LogP contribution in [0.1, 0.15) is 124 Å². The summed E-state index contributed by atoms with van der Waals surface area (Å²) in [4.78, 5) is 9.34. The number of imidazole rings is 1. The van der Waals surface area contributed by atoms with E-state index in [0.29, 0.717) is 0 Å². The first-order chi connectivity index (χ1) is 15.0. The van der Waals surface area contributed by atoms with E-state index in [2.05, 4.69) is 41.7 Å². The van der Waals surface area contributed by atoms with Crippen LogP contribution in [0, 0.1) is 0 Å². The molecule has 1 unspecified atom stereocenters. The molecule has 5 heteroatoms. The molecular formula is C26H50N2O3. The van der Waals surface area contributed by atoms with Crippen molar-refractivity contribution in [1.29, 1.82) is 0 Å². The number of aliphatic hydroxyl groups excluding tert-OH is 1. The second-order valence-electron chi connectivity index (χ2n) is 8.83. The van der Waals surface area contributed by atoms with Crippen LogP contribution in [0.3, 0.4) is 0 Å². The van der Waals surface area contributed by atoms with Crippen molar-refractivity contribution in [3.63, 3.8) is 0 Å². The van der Waals surface area contributed by atoms with Gasteiger partial charge >= 0.3 is 0 Å². The SMILES string of the molecule is CC(O)C(=O)[O-].CCCCCCCCCCCC[n+]1ccn(CCCCCCCC)c1. The third-order valence-electron chi connectivity index (χ3n) is 5.63. The smallest absolute Gasteiger partial charge is 0.243 e. The fraction of sp³-hybridized carbons (Fsp3) is 0.846. The fourth-order valence-corrected chi connectivity index (χ4v) is 3.56. The number of hydrogen-bond acceptors (Lipinski definition) is 3. The van der Waals surface area contributed by atoms with Crippen LogP contribution in [0.5, 0.6) is 0 Å². The molecule has 0 bridgehead atoms. The van der Waals surface area contributed by atoms with Crippen LogP contribution in [0.25, 0.3) is 0 Å². The standard InChI is InChI=1S/C23H45N2.C3H6O3/c1-3-5-7-9-11-12-13-14-16-18-20-25-22-21-24(23-25)19-17-15-10-8-6-4-2;1-2(4)3(5)6/h21-23H,3-20H2,1-2H3;2,4H,1H3,(H,5,6)/q+1;/p-1. The van der Waals surface area contributed by atoms with Crippen molar-refractivity contribution in [1.82, 2.24) is 4.57 Å². The number of aliphatic carboxylic acids is 1. The summed E-state index contributed by atoms with van der Waals surface area (Å²) in [5.74, 6) is -1.44. The summed E-state index contributed by atoms with van der Waals surface area (Å²) in [5.41, 5.74) is 0. The van der Waals surface area contributed by atoms with Gasteiger partial charge in [0.2, 0.25) is 6.33 Å². The van der Waals surface area contributed by atoms with Gasteiger partial charge in [-0.25, -0.2) is 9.13 Å². The topological polar surface area (TPSA) is 69.2 Å². The average Bonchev–Trinajstić information content (AvgIpc) is 3.20. The van der Waals surface area contributed by atoms with E-state index in [1.165, 1.54) is 116 Å². The van der Waals surface area contributed by atoms with Gasteiger partial charge in [0.1, 0.15) is 12.4 Å². The molecule has 1 aromatic heterocycles. The molecule has 0 radical (unpaired) electrons. The van der Waals surface area contributed by atoms with Crippen LogP contribution >= 0.6 is 0 Å². The highest BCUT2D eigenvalue weighted by atomic mass is 16.4. The summed E-state index contributed by atoms with van der Waals surface area (Å²) in [6, 6.07) is 0. The van der Waals surface area contributed by atoms with Crippen LogP contribution in [0.15, 0.2) is 18.7 Å². The van der Waals surface area contributed by atoms with E-state index in [1.54, 1.807) is 0 Å². The summed E-state index contributed by atoms with van der Waals surface area (Å²) < 4.78 is 4.75. The van der Waals surface area contributed by atoms with Gasteiger partial charge in [-0.1, -0.05) is 90.9 Å². The van der Waals surface area contributed by atoms with Gasteiger partial charge in [0.25, 0.3) is 0 Å². The molecular weight excluding hydrogens is 388 g/mol. The molecule has 31 heavy (non-hydrogen) atoms. The van der Waals surface area contributed by atoms with Crippen molar-refractivity contribution >= 4 is 5.97 Å². The van der Waals surface area contributed by atoms with Crippen molar-refractivity contribution < 1.29 is 19.6 Å². The minimum Gasteiger partial charge on any atom is -0.547 e. The van der Waals surface area contributed by atoms with Crippen LogP contribution in [0.2, 0.25) is 0 Å². The van der Waals surface area contributed by atoms with E-state index in [-0.39, 0.29) is 0 Å². The van der Waals surface area contributed by atoms with Gasteiger partial charge in [-0.05, 0) is 32.6 Å². The highest BCUT2D eigenvalue weighted by Crippen LogP contribution is 2.10. The van der Waals surface area contributed by atoms with Gasteiger partial charge in [0, 0.05) is 0 Å². The summed E-state index contributed by atoms with van der Waals surface area (Å²) in [7, 11) is 0. The van der Waals surface area contributed by atoms with Crippen LogP contribution in [-0.4, -0.2) is 21.7 Å². The number of aliphatic hydroxyl groups is 1. The monoisotopic (exact) mass is 438 g/mol. The number of aromatic nitrogens is 2. The van der Waals surface area contributed by atoms with Crippen LogP contribution < -0.4 is 9.67 Å². The molecule has 5 nitrogen and oxygen atoms in total. The average molecular weight is 439 g/mol. The molecule has 0 aromatic carbocycles. The van der Waals surface area contributed by atoms with Gasteiger partial charge in [-0.3, -0.25) is 0 Å². The number of carboxylic acid groups (broad SMARTS) is 1. The fourth-order valence-electron chi connectivity index (χ4n) is 3.56. The lowest BCUT2D eigenvalue weighted by Gasteiger charge is -2.01. The number of rotatable bonds is 19. The number of carbonyl (C=O) groups is 1. The van der Waals surface area contributed by atoms with E-state index in [1.807, 2.05) is 0 Å². The number of carbonyl (C=O) groups excluding carboxylic acids is 1. The lowest BCUT2D eigenvalue weighted by molar-refractivity contribution is -0.696. The van der Waals surface area contributed by atoms with Gasteiger partial charge in [0.15, 0.2) is 0 Å². The van der Waals surface area contributed by atoms with E-state index < -0.39 is 12.1 Å². The maximum Gasteiger partial charge on any atom is 0.243 e.